The van der Waals surface area contributed by atoms with Crippen LogP contribution in [-0.4, -0.2) is 4.98 Å². The van der Waals surface area contributed by atoms with E-state index in [-0.39, 0.29) is 5.92 Å². The van der Waals surface area contributed by atoms with Crippen molar-refractivity contribution in [2.24, 2.45) is 5.92 Å². The lowest BCUT2D eigenvalue weighted by atomic mass is 9.81. The van der Waals surface area contributed by atoms with Crippen molar-refractivity contribution >= 4 is 5.69 Å². The number of pyridine rings is 1. The van der Waals surface area contributed by atoms with Crippen molar-refractivity contribution < 1.29 is 13.2 Å². The molecule has 0 amide bonds. The molecule has 2 aromatic rings. The van der Waals surface area contributed by atoms with Gasteiger partial charge in [0.1, 0.15) is 0 Å². The number of halogens is 3. The van der Waals surface area contributed by atoms with Gasteiger partial charge in [0, 0.05) is 23.6 Å². The molecule has 1 unspecified atom stereocenters. The maximum atomic E-state index is 12.6. The van der Waals surface area contributed by atoms with Crippen molar-refractivity contribution in [3.05, 3.63) is 59.9 Å². The van der Waals surface area contributed by atoms with E-state index in [2.05, 4.69) is 16.4 Å². The Bertz CT molecular complexity index is 688. The van der Waals surface area contributed by atoms with Crippen molar-refractivity contribution in [2.75, 3.05) is 5.32 Å². The van der Waals surface area contributed by atoms with Crippen molar-refractivity contribution in [3.63, 3.8) is 0 Å². The van der Waals surface area contributed by atoms with Gasteiger partial charge < -0.3 is 5.32 Å². The van der Waals surface area contributed by atoms with Crippen LogP contribution in [0.1, 0.15) is 25.0 Å². The van der Waals surface area contributed by atoms with Crippen molar-refractivity contribution in [3.8, 4) is 6.07 Å². The molecule has 3 nitrogen and oxygen atoms in total. The lowest BCUT2D eigenvalue weighted by Gasteiger charge is -2.33. The highest BCUT2D eigenvalue weighted by Gasteiger charge is 2.36. The third-order valence-corrected chi connectivity index (χ3v) is 3.71. The molecule has 6 heteroatoms. The van der Waals surface area contributed by atoms with E-state index in [1.807, 2.05) is 13.8 Å². The Hall–Kier alpha value is -2.55. The zero-order valence-electron chi connectivity index (χ0n) is 12.7. The van der Waals surface area contributed by atoms with Crippen LogP contribution in [0.4, 0.5) is 18.9 Å². The Balaban J connectivity index is 2.38. The normalized spacial score (nSPS) is 14.1. The zero-order chi connectivity index (χ0) is 17.1. The van der Waals surface area contributed by atoms with Crippen molar-refractivity contribution in [1.82, 2.24) is 4.98 Å². The highest BCUT2D eigenvalue weighted by atomic mass is 19.4. The number of anilines is 1. The molecule has 0 saturated carbocycles. The SMILES string of the molecule is CC(C)C(C#N)(Nc1ccc(C(F)(F)F)cc1)c1cccnc1. The topological polar surface area (TPSA) is 48.7 Å². The lowest BCUT2D eigenvalue weighted by molar-refractivity contribution is -0.137. The second kappa shape index (κ2) is 6.29. The van der Waals surface area contributed by atoms with Crippen molar-refractivity contribution in [1.29, 1.82) is 5.26 Å². The Morgan fingerprint density at radius 2 is 1.74 bits per heavy atom. The number of nitriles is 1. The molecule has 0 fully saturated rings. The van der Waals surface area contributed by atoms with E-state index in [4.69, 9.17) is 0 Å². The van der Waals surface area contributed by atoms with Gasteiger partial charge in [0.2, 0.25) is 0 Å². The molecular formula is C17H16F3N3. The first-order valence-electron chi connectivity index (χ1n) is 7.07. The summed E-state index contributed by atoms with van der Waals surface area (Å²) in [5.41, 5.74) is -0.695. The van der Waals surface area contributed by atoms with Crippen LogP contribution < -0.4 is 5.32 Å². The fourth-order valence-corrected chi connectivity index (χ4v) is 2.34. The number of alkyl halides is 3. The lowest BCUT2D eigenvalue weighted by Crippen LogP contribution is -2.39. The number of nitrogens with zero attached hydrogens (tertiary/aromatic N) is 2. The highest BCUT2D eigenvalue weighted by Crippen LogP contribution is 2.34. The summed E-state index contributed by atoms with van der Waals surface area (Å²) in [6.07, 6.45) is -1.20. The molecule has 2 rings (SSSR count). The third kappa shape index (κ3) is 3.45. The minimum atomic E-state index is -4.38. The predicted molar refractivity (Wildman–Crippen MR) is 81.4 cm³/mol. The summed E-state index contributed by atoms with van der Waals surface area (Å²) in [6.45, 7) is 3.74. The van der Waals surface area contributed by atoms with Crippen molar-refractivity contribution in [2.45, 2.75) is 25.6 Å². The predicted octanol–water partition coefficient (Wildman–Crippen LogP) is 4.59. The maximum Gasteiger partial charge on any atom is 0.416 e. The van der Waals surface area contributed by atoms with Gasteiger partial charge in [-0.2, -0.15) is 18.4 Å². The molecule has 1 heterocycles. The summed E-state index contributed by atoms with van der Waals surface area (Å²) in [6, 6.07) is 10.4. The Morgan fingerprint density at radius 3 is 2.17 bits per heavy atom. The van der Waals surface area contributed by atoms with E-state index >= 15 is 0 Å². The number of nitrogens with one attached hydrogen (secondary N) is 1. The van der Waals surface area contributed by atoms with Crippen LogP contribution in [0.5, 0.6) is 0 Å². The number of hydrogen-bond acceptors (Lipinski definition) is 3. The molecule has 1 N–H and O–H groups in total. The smallest absolute Gasteiger partial charge is 0.363 e. The van der Waals surface area contributed by atoms with Crippen LogP contribution in [0.2, 0.25) is 0 Å². The number of benzene rings is 1. The molecule has 0 radical (unpaired) electrons. The van der Waals surface area contributed by atoms with Gasteiger partial charge in [-0.15, -0.1) is 0 Å². The van der Waals surface area contributed by atoms with E-state index in [1.54, 1.807) is 24.5 Å². The van der Waals surface area contributed by atoms with E-state index in [9.17, 15) is 18.4 Å². The average molecular weight is 319 g/mol. The first kappa shape index (κ1) is 16.8. The fraction of sp³-hybridized carbons (Fsp3) is 0.294. The number of aromatic nitrogens is 1. The standard InChI is InChI=1S/C17H16F3N3/c1-12(2)16(11-21,14-4-3-9-22-10-14)23-15-7-5-13(6-8-15)17(18,19)20/h3-10,12,23H,1-2H3. The molecule has 120 valence electrons. The summed E-state index contributed by atoms with van der Waals surface area (Å²) in [5, 5.41) is 12.8. The third-order valence-electron chi connectivity index (χ3n) is 3.71. The molecule has 1 aromatic heterocycles. The van der Waals surface area contributed by atoms with Gasteiger partial charge in [-0.1, -0.05) is 19.9 Å². The molecule has 0 aliphatic rings. The quantitative estimate of drug-likeness (QED) is 0.897. The van der Waals surface area contributed by atoms with E-state index in [0.29, 0.717) is 11.3 Å². The van der Waals surface area contributed by atoms with E-state index < -0.39 is 17.3 Å². The molecule has 0 aliphatic carbocycles. The highest BCUT2D eigenvalue weighted by molar-refractivity contribution is 5.52. The van der Waals surface area contributed by atoms with Crippen LogP contribution in [0.25, 0.3) is 0 Å². The molecular weight excluding hydrogens is 303 g/mol. The largest absolute Gasteiger partial charge is 0.416 e. The van der Waals surface area contributed by atoms with E-state index in [1.165, 1.54) is 12.1 Å². The number of hydrogen-bond donors (Lipinski definition) is 1. The van der Waals surface area contributed by atoms with Gasteiger partial charge in [-0.05, 0) is 36.2 Å². The van der Waals surface area contributed by atoms with Gasteiger partial charge in [0.25, 0.3) is 0 Å². The monoisotopic (exact) mass is 319 g/mol. The van der Waals surface area contributed by atoms with Crippen LogP contribution in [-0.2, 0) is 11.7 Å². The zero-order valence-corrected chi connectivity index (χ0v) is 12.7. The summed E-state index contributed by atoms with van der Waals surface area (Å²) >= 11 is 0. The molecule has 0 aliphatic heterocycles. The van der Waals surface area contributed by atoms with E-state index in [0.717, 1.165) is 12.1 Å². The van der Waals surface area contributed by atoms with Crippen LogP contribution in [0.15, 0.2) is 48.8 Å². The number of rotatable bonds is 4. The van der Waals surface area contributed by atoms with Crippen LogP contribution in [0, 0.1) is 17.2 Å². The van der Waals surface area contributed by atoms with Gasteiger partial charge in [-0.25, -0.2) is 0 Å². The second-order valence-electron chi connectivity index (χ2n) is 5.52. The average Bonchev–Trinajstić information content (AvgIpc) is 2.53. The van der Waals surface area contributed by atoms with Crippen LogP contribution in [0.3, 0.4) is 0 Å². The first-order valence-corrected chi connectivity index (χ1v) is 7.07. The van der Waals surface area contributed by atoms with Crippen LogP contribution >= 0.6 is 0 Å². The summed E-state index contributed by atoms with van der Waals surface area (Å²) in [5.74, 6) is -0.126. The van der Waals surface area contributed by atoms with Gasteiger partial charge >= 0.3 is 6.18 Å². The summed E-state index contributed by atoms with van der Waals surface area (Å²) in [4.78, 5) is 4.03. The minimum absolute atomic E-state index is 0.126. The molecule has 23 heavy (non-hydrogen) atoms. The Morgan fingerprint density at radius 1 is 1.09 bits per heavy atom. The fourth-order valence-electron chi connectivity index (χ4n) is 2.34. The molecule has 1 atom stereocenters. The molecule has 1 aromatic carbocycles. The molecule has 0 saturated heterocycles. The minimum Gasteiger partial charge on any atom is -0.363 e. The second-order valence-corrected chi connectivity index (χ2v) is 5.52. The van der Waals surface area contributed by atoms with Gasteiger partial charge in [-0.3, -0.25) is 4.98 Å². The molecule has 0 spiro atoms. The maximum absolute atomic E-state index is 12.6. The Kier molecular flexibility index (Phi) is 4.60. The van der Waals surface area contributed by atoms with Gasteiger partial charge in [0.05, 0.1) is 11.6 Å². The summed E-state index contributed by atoms with van der Waals surface area (Å²) in [7, 11) is 0. The Labute approximate surface area is 132 Å². The summed E-state index contributed by atoms with van der Waals surface area (Å²) < 4.78 is 37.9. The van der Waals surface area contributed by atoms with Gasteiger partial charge in [0.15, 0.2) is 5.54 Å². The molecule has 0 bridgehead atoms. The first-order chi connectivity index (χ1) is 10.8.